The topological polar surface area (TPSA) is 98.5 Å². The number of nitrogens with zero attached hydrogens (tertiary/aromatic N) is 3. The summed E-state index contributed by atoms with van der Waals surface area (Å²) < 4.78 is 1.61. The van der Waals surface area contributed by atoms with Gasteiger partial charge in [-0.1, -0.05) is 53.6 Å². The maximum Gasteiger partial charge on any atom is 0.214 e. The van der Waals surface area contributed by atoms with E-state index in [0.29, 0.717) is 28.6 Å². The number of aromatic amines is 1. The number of anilines is 1. The van der Waals surface area contributed by atoms with Crippen LogP contribution in [-0.4, -0.2) is 33.6 Å². The van der Waals surface area contributed by atoms with Gasteiger partial charge in [0, 0.05) is 40.3 Å². The molecule has 0 saturated carbocycles. The molecule has 2 aromatic heterocycles. The number of halogens is 1. The highest BCUT2D eigenvalue weighted by atomic mass is 35.5. The Hall–Kier alpha value is -4.38. The zero-order valence-corrected chi connectivity index (χ0v) is 22.6. The monoisotopic (exact) mass is 536 g/mol. The van der Waals surface area contributed by atoms with Gasteiger partial charge in [0.1, 0.15) is 17.5 Å². The van der Waals surface area contributed by atoms with Gasteiger partial charge in [0.25, 0.3) is 0 Å². The number of benzene rings is 3. The van der Waals surface area contributed by atoms with Crippen molar-refractivity contribution in [2.75, 3.05) is 18.4 Å². The van der Waals surface area contributed by atoms with Crippen molar-refractivity contribution in [2.24, 2.45) is 0 Å². The third kappa shape index (κ3) is 5.58. The summed E-state index contributed by atoms with van der Waals surface area (Å²) in [6, 6.07) is 25.2. The summed E-state index contributed by atoms with van der Waals surface area (Å²) in [5.41, 5.74) is 4.94. The molecule has 39 heavy (non-hydrogen) atoms. The third-order valence-corrected chi connectivity index (χ3v) is 7.04. The van der Waals surface area contributed by atoms with E-state index in [2.05, 4.69) is 58.0 Å². The fourth-order valence-corrected chi connectivity index (χ4v) is 4.79. The molecule has 3 aromatic carbocycles. The highest BCUT2D eigenvalue weighted by Crippen LogP contribution is 2.27. The molecule has 0 saturated heterocycles. The Kier molecular flexibility index (Phi) is 7.78. The van der Waals surface area contributed by atoms with Crippen LogP contribution in [0.25, 0.3) is 16.6 Å². The van der Waals surface area contributed by atoms with Crippen LogP contribution in [0.3, 0.4) is 0 Å². The van der Waals surface area contributed by atoms with Crippen LogP contribution in [0.15, 0.2) is 79.0 Å². The number of rotatable bonds is 10. The number of carbonyl (C=O) groups excluding carboxylic acids is 1. The Morgan fingerprint density at radius 3 is 2.59 bits per heavy atom. The molecule has 1 atom stereocenters. The van der Waals surface area contributed by atoms with Crippen LogP contribution >= 0.6 is 11.6 Å². The molecule has 8 heteroatoms. The molecule has 7 nitrogen and oxygen atoms in total. The highest BCUT2D eigenvalue weighted by molar-refractivity contribution is 6.30. The Labute approximate surface area is 232 Å². The Morgan fingerprint density at radius 2 is 1.85 bits per heavy atom. The number of carbonyl (C=O) groups is 1. The van der Waals surface area contributed by atoms with Crippen molar-refractivity contribution in [3.8, 4) is 11.8 Å². The number of hydrogen-bond acceptors (Lipinski definition) is 5. The average molecular weight is 537 g/mol. The molecule has 2 heterocycles. The van der Waals surface area contributed by atoms with Crippen LogP contribution in [0.2, 0.25) is 5.02 Å². The molecule has 0 spiro atoms. The molecule has 5 aromatic rings. The Balaban J connectivity index is 1.33. The van der Waals surface area contributed by atoms with Crippen LogP contribution in [-0.2, 0) is 0 Å². The fourth-order valence-electron chi connectivity index (χ4n) is 4.67. The number of nitriles is 1. The first kappa shape index (κ1) is 26.2. The third-order valence-electron chi connectivity index (χ3n) is 6.79. The van der Waals surface area contributed by atoms with Crippen molar-refractivity contribution in [2.45, 2.75) is 26.3 Å². The van der Waals surface area contributed by atoms with Crippen LogP contribution in [0.5, 0.6) is 0 Å². The summed E-state index contributed by atoms with van der Waals surface area (Å²) in [6.07, 6.45) is 2.75. The van der Waals surface area contributed by atoms with Crippen LogP contribution in [0.4, 0.5) is 5.82 Å². The van der Waals surface area contributed by atoms with Gasteiger partial charge >= 0.3 is 0 Å². The van der Waals surface area contributed by atoms with Crippen LogP contribution < -0.4 is 10.6 Å². The predicted octanol–water partition coefficient (Wildman–Crippen LogP) is 6.57. The minimum atomic E-state index is -0.295. The molecular formula is C31H29ClN6O. The van der Waals surface area contributed by atoms with Crippen molar-refractivity contribution >= 4 is 34.1 Å². The second-order valence-corrected chi connectivity index (χ2v) is 9.95. The van der Waals surface area contributed by atoms with E-state index in [-0.39, 0.29) is 23.1 Å². The van der Waals surface area contributed by atoms with E-state index in [4.69, 9.17) is 11.6 Å². The number of nitrogens with one attached hydrogen (secondary N) is 3. The second-order valence-electron chi connectivity index (χ2n) is 9.51. The first-order chi connectivity index (χ1) is 19.0. The van der Waals surface area contributed by atoms with Gasteiger partial charge in [0.05, 0.1) is 5.69 Å². The van der Waals surface area contributed by atoms with Gasteiger partial charge in [-0.15, -0.1) is 0 Å². The Bertz CT molecular complexity index is 1640. The maximum absolute atomic E-state index is 13.4. The first-order valence-electron chi connectivity index (χ1n) is 12.9. The normalized spacial score (nSPS) is 11.8. The van der Waals surface area contributed by atoms with Crippen molar-refractivity contribution in [1.29, 1.82) is 5.26 Å². The SMILES string of the molecule is Cc1ccc(C(=O)c2nn(-c3ccc(Cl)cc3)c(NCCCNC(C)c3cccc4[nH]ccc34)c2C#N)cc1. The summed E-state index contributed by atoms with van der Waals surface area (Å²) in [4.78, 5) is 16.6. The van der Waals surface area contributed by atoms with E-state index in [1.165, 1.54) is 10.9 Å². The molecule has 196 valence electrons. The molecule has 5 rings (SSSR count). The van der Waals surface area contributed by atoms with Crippen molar-refractivity contribution in [3.05, 3.63) is 112 Å². The first-order valence-corrected chi connectivity index (χ1v) is 13.3. The lowest BCUT2D eigenvalue weighted by molar-refractivity contribution is 0.103. The molecule has 0 fully saturated rings. The van der Waals surface area contributed by atoms with Crippen molar-refractivity contribution in [3.63, 3.8) is 0 Å². The zero-order chi connectivity index (χ0) is 27.4. The smallest absolute Gasteiger partial charge is 0.214 e. The van der Waals surface area contributed by atoms with Crippen molar-refractivity contribution in [1.82, 2.24) is 20.1 Å². The minimum absolute atomic E-state index is 0.116. The largest absolute Gasteiger partial charge is 0.369 e. The number of ketones is 1. The van der Waals surface area contributed by atoms with Gasteiger partial charge in [-0.25, -0.2) is 4.68 Å². The Morgan fingerprint density at radius 1 is 1.08 bits per heavy atom. The number of H-pyrrole nitrogens is 1. The molecule has 1 unspecified atom stereocenters. The number of aryl methyl sites for hydroxylation is 1. The molecule has 3 N–H and O–H groups in total. The predicted molar refractivity (Wildman–Crippen MR) is 156 cm³/mol. The average Bonchev–Trinajstić information content (AvgIpc) is 3.58. The number of fused-ring (bicyclic) bond motifs is 1. The number of aromatic nitrogens is 3. The van der Waals surface area contributed by atoms with Gasteiger partial charge in [-0.05, 0) is 68.8 Å². The van der Waals surface area contributed by atoms with Gasteiger partial charge in [-0.3, -0.25) is 4.79 Å². The van der Waals surface area contributed by atoms with Crippen LogP contribution in [0.1, 0.15) is 52.1 Å². The highest BCUT2D eigenvalue weighted by Gasteiger charge is 2.25. The van der Waals surface area contributed by atoms with Gasteiger partial charge in [0.15, 0.2) is 5.69 Å². The summed E-state index contributed by atoms with van der Waals surface area (Å²) in [6.45, 7) is 5.46. The van der Waals surface area contributed by atoms with Gasteiger partial charge in [-0.2, -0.15) is 10.4 Å². The summed E-state index contributed by atoms with van der Waals surface area (Å²) >= 11 is 6.10. The van der Waals surface area contributed by atoms with Crippen LogP contribution in [0, 0.1) is 18.3 Å². The summed E-state index contributed by atoms with van der Waals surface area (Å²) in [5, 5.41) is 23.4. The molecule has 0 amide bonds. The minimum Gasteiger partial charge on any atom is -0.369 e. The fraction of sp³-hybridized carbons (Fsp3) is 0.194. The maximum atomic E-state index is 13.4. The van der Waals surface area contributed by atoms with E-state index >= 15 is 0 Å². The van der Waals surface area contributed by atoms with Gasteiger partial charge in [0.2, 0.25) is 5.78 Å². The quantitative estimate of drug-likeness (QED) is 0.138. The lowest BCUT2D eigenvalue weighted by Crippen LogP contribution is -2.22. The van der Waals surface area contributed by atoms with E-state index in [0.717, 1.165) is 24.0 Å². The van der Waals surface area contributed by atoms with E-state index < -0.39 is 0 Å². The lowest BCUT2D eigenvalue weighted by atomic mass is 10.0. The molecule has 0 aliphatic carbocycles. The van der Waals surface area contributed by atoms with E-state index in [1.807, 2.05) is 37.4 Å². The van der Waals surface area contributed by atoms with Gasteiger partial charge < -0.3 is 15.6 Å². The summed E-state index contributed by atoms with van der Waals surface area (Å²) in [7, 11) is 0. The van der Waals surface area contributed by atoms with E-state index in [1.54, 1.807) is 28.9 Å². The lowest BCUT2D eigenvalue weighted by Gasteiger charge is -2.16. The van der Waals surface area contributed by atoms with E-state index in [9.17, 15) is 10.1 Å². The summed E-state index contributed by atoms with van der Waals surface area (Å²) in [5.74, 6) is 0.192. The standard InChI is InChI=1S/C31H29ClN6O/c1-20-7-9-22(10-8-20)30(39)29-27(19-33)31(38(37-29)24-13-11-23(32)12-14-24)36-17-4-16-34-21(2)25-5-3-6-28-26(25)15-18-35-28/h3,5-15,18,21,34-36H,4,16-17H2,1-2H3. The molecule has 0 radical (unpaired) electrons. The molecule has 0 aliphatic rings. The number of hydrogen-bond donors (Lipinski definition) is 3. The van der Waals surface area contributed by atoms with Crippen molar-refractivity contribution < 1.29 is 4.79 Å². The second kappa shape index (κ2) is 11.6. The molecule has 0 bridgehead atoms. The zero-order valence-electron chi connectivity index (χ0n) is 21.8. The molecule has 0 aliphatic heterocycles. The molecular weight excluding hydrogens is 508 g/mol.